The summed E-state index contributed by atoms with van der Waals surface area (Å²) in [4.78, 5) is 0. The van der Waals surface area contributed by atoms with Crippen molar-refractivity contribution in [2.45, 2.75) is 0 Å². The molecule has 10 aromatic rings. The molecule has 8 aromatic carbocycles. The molecule has 48 heavy (non-hydrogen) atoms. The molecule has 0 fully saturated rings. The predicted molar refractivity (Wildman–Crippen MR) is 203 cm³/mol. The molecule has 2 heteroatoms. The highest BCUT2D eigenvalue weighted by atomic mass is 15.0. The first-order chi connectivity index (χ1) is 23.8. The zero-order valence-electron chi connectivity index (χ0n) is 26.2. The zero-order chi connectivity index (χ0) is 31.6. The normalized spacial score (nSPS) is 11.8. The van der Waals surface area contributed by atoms with Crippen molar-refractivity contribution < 1.29 is 0 Å². The van der Waals surface area contributed by atoms with E-state index in [9.17, 15) is 0 Å². The number of benzene rings is 8. The third-order valence-corrected chi connectivity index (χ3v) is 9.91. The Morgan fingerprint density at radius 1 is 0.312 bits per heavy atom. The van der Waals surface area contributed by atoms with Crippen LogP contribution in [0.15, 0.2) is 182 Å². The van der Waals surface area contributed by atoms with Crippen molar-refractivity contribution in [2.75, 3.05) is 0 Å². The fraction of sp³-hybridized carbons (Fsp3) is 0. The van der Waals surface area contributed by atoms with Crippen LogP contribution in [0.4, 0.5) is 0 Å². The van der Waals surface area contributed by atoms with Crippen molar-refractivity contribution in [1.82, 2.24) is 9.13 Å². The summed E-state index contributed by atoms with van der Waals surface area (Å²) in [6, 6.07) is 64.0. The molecule has 0 atom stereocenters. The summed E-state index contributed by atoms with van der Waals surface area (Å²) in [5.74, 6) is 0. The van der Waals surface area contributed by atoms with E-state index in [0.29, 0.717) is 0 Å². The topological polar surface area (TPSA) is 9.86 Å². The van der Waals surface area contributed by atoms with Crippen LogP contribution >= 0.6 is 0 Å². The minimum absolute atomic E-state index is 1.15. The second-order valence-electron chi connectivity index (χ2n) is 12.6. The van der Waals surface area contributed by atoms with Gasteiger partial charge in [0, 0.05) is 33.7 Å². The lowest BCUT2D eigenvalue weighted by Crippen LogP contribution is -1.96. The second kappa shape index (κ2) is 10.6. The summed E-state index contributed by atoms with van der Waals surface area (Å²) >= 11 is 0. The fourth-order valence-corrected chi connectivity index (χ4v) is 7.84. The molecule has 0 aliphatic rings. The molecule has 0 saturated heterocycles. The number of fused-ring (bicyclic) bond motifs is 6. The third-order valence-electron chi connectivity index (χ3n) is 9.91. The Hall–Kier alpha value is -6.38. The maximum atomic E-state index is 2.44. The molecule has 224 valence electrons. The van der Waals surface area contributed by atoms with Crippen molar-refractivity contribution in [2.24, 2.45) is 0 Å². The Labute approximate surface area is 278 Å². The molecule has 0 unspecified atom stereocenters. The Morgan fingerprint density at radius 2 is 0.854 bits per heavy atom. The van der Waals surface area contributed by atoms with E-state index in [1.54, 1.807) is 0 Å². The lowest BCUT2D eigenvalue weighted by atomic mass is 9.86. The summed E-state index contributed by atoms with van der Waals surface area (Å²) in [6.07, 6.45) is 2.18. The van der Waals surface area contributed by atoms with Gasteiger partial charge in [-0.3, -0.25) is 0 Å². The van der Waals surface area contributed by atoms with Crippen molar-refractivity contribution >= 4 is 54.3 Å². The average molecular weight is 611 g/mol. The number of rotatable bonds is 4. The molecule has 0 spiro atoms. The second-order valence-corrected chi connectivity index (χ2v) is 12.6. The molecular weight excluding hydrogens is 581 g/mol. The van der Waals surface area contributed by atoms with Crippen molar-refractivity contribution in [3.8, 4) is 33.6 Å². The van der Waals surface area contributed by atoms with Crippen LogP contribution in [-0.2, 0) is 0 Å². The van der Waals surface area contributed by atoms with Crippen LogP contribution in [0.5, 0.6) is 0 Å². The van der Waals surface area contributed by atoms with Gasteiger partial charge in [0.2, 0.25) is 0 Å². The first-order valence-electron chi connectivity index (χ1n) is 16.5. The lowest BCUT2D eigenvalue weighted by molar-refractivity contribution is 1.13. The molecule has 0 amide bonds. The molecule has 0 saturated carbocycles. The van der Waals surface area contributed by atoms with Gasteiger partial charge < -0.3 is 9.13 Å². The van der Waals surface area contributed by atoms with Gasteiger partial charge in [-0.15, -0.1) is 0 Å². The first kappa shape index (κ1) is 26.8. The van der Waals surface area contributed by atoms with Gasteiger partial charge >= 0.3 is 0 Å². The molecule has 0 N–H and O–H groups in total. The van der Waals surface area contributed by atoms with Crippen molar-refractivity contribution in [1.29, 1.82) is 0 Å². The van der Waals surface area contributed by atoms with E-state index in [1.807, 2.05) is 0 Å². The summed E-state index contributed by atoms with van der Waals surface area (Å²) < 4.78 is 4.73. The zero-order valence-corrected chi connectivity index (χ0v) is 26.2. The number of nitrogens with zero attached hydrogens (tertiary/aromatic N) is 2. The fourth-order valence-electron chi connectivity index (χ4n) is 7.84. The largest absolute Gasteiger partial charge is 0.317 e. The summed E-state index contributed by atoms with van der Waals surface area (Å²) in [5, 5.41) is 8.79. The first-order valence-corrected chi connectivity index (χ1v) is 16.5. The Kier molecular flexibility index (Phi) is 5.91. The maximum Gasteiger partial charge on any atom is 0.0548 e. The minimum Gasteiger partial charge on any atom is -0.317 e. The number of hydrogen-bond donors (Lipinski definition) is 0. The van der Waals surface area contributed by atoms with Gasteiger partial charge in [0.15, 0.2) is 0 Å². The van der Waals surface area contributed by atoms with Gasteiger partial charge in [0.05, 0.1) is 16.6 Å². The van der Waals surface area contributed by atoms with E-state index >= 15 is 0 Å². The highest BCUT2D eigenvalue weighted by Crippen LogP contribution is 2.44. The molecule has 2 nitrogen and oxygen atoms in total. The summed E-state index contributed by atoms with van der Waals surface area (Å²) in [6.45, 7) is 0. The molecule has 2 heterocycles. The van der Waals surface area contributed by atoms with E-state index < -0.39 is 0 Å². The average Bonchev–Trinajstić information content (AvgIpc) is 3.72. The van der Waals surface area contributed by atoms with Gasteiger partial charge in [-0.2, -0.15) is 0 Å². The van der Waals surface area contributed by atoms with Crippen LogP contribution in [0.1, 0.15) is 0 Å². The number of aromatic nitrogens is 2. The van der Waals surface area contributed by atoms with E-state index in [0.717, 1.165) is 5.69 Å². The predicted octanol–water partition coefficient (Wildman–Crippen LogP) is 12.4. The number of para-hydroxylation sites is 2. The lowest BCUT2D eigenvalue weighted by Gasteiger charge is -2.18. The molecule has 2 aromatic heterocycles. The van der Waals surface area contributed by atoms with Crippen molar-refractivity contribution in [3.05, 3.63) is 182 Å². The van der Waals surface area contributed by atoms with Crippen LogP contribution in [0.3, 0.4) is 0 Å². The standard InChI is InChI=1S/C46H30N2/c1-3-14-31(15-4-1)45-37-21-7-9-23-39(37)46(40-24-10-8-22-38(40)45)33-16-13-19-35(28-33)48-42-25-12-11-20-36(42)41-30-43-32(29-44(41)48)26-27-47(43)34-17-5-2-6-18-34/h1-30H. The van der Waals surface area contributed by atoms with Crippen molar-refractivity contribution in [3.63, 3.8) is 0 Å². The Bertz CT molecular complexity index is 2760. The maximum absolute atomic E-state index is 2.44. The number of hydrogen-bond acceptors (Lipinski definition) is 0. The SMILES string of the molecule is c1ccc(-c2c3ccccc3c(-c3cccc(-n4c5ccccc5c5cc6c(ccn6-c6ccccc6)cc54)c3)c3ccccc23)cc1. The van der Waals surface area contributed by atoms with Gasteiger partial charge in [-0.05, 0) is 92.3 Å². The van der Waals surface area contributed by atoms with Crippen LogP contribution in [-0.4, -0.2) is 9.13 Å². The molecule has 0 aliphatic heterocycles. The van der Waals surface area contributed by atoms with Crippen LogP contribution in [0.25, 0.3) is 87.9 Å². The molecule has 0 radical (unpaired) electrons. The van der Waals surface area contributed by atoms with Gasteiger partial charge in [-0.25, -0.2) is 0 Å². The Balaban J connectivity index is 1.24. The smallest absolute Gasteiger partial charge is 0.0548 e. The summed E-state index contributed by atoms with van der Waals surface area (Å²) in [5.41, 5.74) is 11.0. The minimum atomic E-state index is 1.15. The quantitative estimate of drug-likeness (QED) is 0.175. The van der Waals surface area contributed by atoms with E-state index in [-0.39, 0.29) is 0 Å². The van der Waals surface area contributed by atoms with Crippen LogP contribution in [0.2, 0.25) is 0 Å². The highest BCUT2D eigenvalue weighted by molar-refractivity contribution is 6.21. The van der Waals surface area contributed by atoms with Gasteiger partial charge in [0.25, 0.3) is 0 Å². The van der Waals surface area contributed by atoms with E-state index in [2.05, 4.69) is 191 Å². The molecular formula is C46H30N2. The van der Waals surface area contributed by atoms with E-state index in [1.165, 1.54) is 82.2 Å². The molecule has 0 bridgehead atoms. The molecule has 0 aliphatic carbocycles. The van der Waals surface area contributed by atoms with Crippen LogP contribution < -0.4 is 0 Å². The van der Waals surface area contributed by atoms with Gasteiger partial charge in [-0.1, -0.05) is 127 Å². The summed E-state index contributed by atoms with van der Waals surface area (Å²) in [7, 11) is 0. The van der Waals surface area contributed by atoms with E-state index in [4.69, 9.17) is 0 Å². The molecule has 10 rings (SSSR count). The highest BCUT2D eigenvalue weighted by Gasteiger charge is 2.19. The van der Waals surface area contributed by atoms with Gasteiger partial charge in [0.1, 0.15) is 0 Å². The third kappa shape index (κ3) is 4.00. The van der Waals surface area contributed by atoms with Crippen LogP contribution in [0, 0.1) is 0 Å². The monoisotopic (exact) mass is 610 g/mol. The Morgan fingerprint density at radius 3 is 1.54 bits per heavy atom.